The summed E-state index contributed by atoms with van der Waals surface area (Å²) in [5.74, 6) is -1.02. The zero-order valence-electron chi connectivity index (χ0n) is 20.5. The smallest absolute Gasteiger partial charge is 0.308 e. The van der Waals surface area contributed by atoms with Gasteiger partial charge in [0.2, 0.25) is 0 Å². The van der Waals surface area contributed by atoms with Gasteiger partial charge in [-0.2, -0.15) is 0 Å². The van der Waals surface area contributed by atoms with Crippen molar-refractivity contribution in [3.05, 3.63) is 84.4 Å². The van der Waals surface area contributed by atoms with Crippen LogP contribution in [-0.4, -0.2) is 40.5 Å². The Labute approximate surface area is 198 Å². The molecule has 0 unspecified atom stereocenters. The molecule has 5 heteroatoms. The lowest BCUT2D eigenvalue weighted by atomic mass is 9.98. The number of carbonyl (C=O) groups is 1. The molecule has 178 valence electrons. The highest BCUT2D eigenvalue weighted by Gasteiger charge is 2.46. The van der Waals surface area contributed by atoms with E-state index < -0.39 is 11.4 Å². The van der Waals surface area contributed by atoms with Crippen LogP contribution in [0.4, 0.5) is 0 Å². The van der Waals surface area contributed by atoms with Crippen LogP contribution < -0.4 is 0 Å². The van der Waals surface area contributed by atoms with E-state index in [9.17, 15) is 4.79 Å². The third-order valence-corrected chi connectivity index (χ3v) is 5.50. The molecule has 3 rings (SSSR count). The van der Waals surface area contributed by atoms with E-state index in [1.807, 2.05) is 71.0 Å². The van der Waals surface area contributed by atoms with E-state index >= 15 is 0 Å². The number of ether oxygens (including phenoxy) is 3. The van der Waals surface area contributed by atoms with Crippen molar-refractivity contribution in [2.45, 2.75) is 83.8 Å². The Hall–Kier alpha value is -2.47. The minimum absolute atomic E-state index is 0.186. The van der Waals surface area contributed by atoms with Gasteiger partial charge in [-0.3, -0.25) is 9.69 Å². The molecule has 1 fully saturated rings. The molecular weight excluding hydrogens is 414 g/mol. The highest BCUT2D eigenvalue weighted by atomic mass is 16.8. The summed E-state index contributed by atoms with van der Waals surface area (Å²) >= 11 is 0. The number of carbonyl (C=O) groups excluding carboxylic acids is 1. The summed E-state index contributed by atoms with van der Waals surface area (Å²) in [4.78, 5) is 15.3. The molecule has 1 aliphatic rings. The summed E-state index contributed by atoms with van der Waals surface area (Å²) in [6, 6.07) is 20.3. The minimum Gasteiger partial charge on any atom is -0.460 e. The average Bonchev–Trinajstić information content (AvgIpc) is 3.06. The number of nitrogens with zero attached hydrogens (tertiary/aromatic N) is 1. The third-order valence-electron chi connectivity index (χ3n) is 5.50. The van der Waals surface area contributed by atoms with Gasteiger partial charge in [-0.05, 0) is 45.7 Å². The molecule has 0 spiro atoms. The van der Waals surface area contributed by atoms with E-state index in [0.717, 1.165) is 11.1 Å². The zero-order chi connectivity index (χ0) is 24.1. The normalized spacial score (nSPS) is 21.0. The van der Waals surface area contributed by atoms with Crippen LogP contribution in [0.1, 0.15) is 52.2 Å². The number of hydrogen-bond acceptors (Lipinski definition) is 5. The van der Waals surface area contributed by atoms with Crippen molar-refractivity contribution in [1.82, 2.24) is 4.90 Å². The molecular formula is C28H37NO4. The van der Waals surface area contributed by atoms with Crippen molar-refractivity contribution >= 4 is 5.97 Å². The summed E-state index contributed by atoms with van der Waals surface area (Å²) in [5, 5.41) is 0. The predicted molar refractivity (Wildman–Crippen MR) is 130 cm³/mol. The Balaban J connectivity index is 1.97. The van der Waals surface area contributed by atoms with Crippen LogP contribution in [0.2, 0.25) is 0 Å². The second-order valence-electron chi connectivity index (χ2n) is 10.0. The fourth-order valence-corrected chi connectivity index (χ4v) is 4.23. The van der Waals surface area contributed by atoms with Crippen LogP contribution in [0.3, 0.4) is 0 Å². The first-order chi connectivity index (χ1) is 15.6. The summed E-state index contributed by atoms with van der Waals surface area (Å²) < 4.78 is 18.2. The van der Waals surface area contributed by atoms with Gasteiger partial charge in [-0.1, -0.05) is 66.7 Å². The van der Waals surface area contributed by atoms with Gasteiger partial charge < -0.3 is 14.2 Å². The Kier molecular flexibility index (Phi) is 8.11. The van der Waals surface area contributed by atoms with E-state index in [1.165, 1.54) is 0 Å². The molecule has 0 bridgehead atoms. The molecule has 0 saturated carbocycles. The van der Waals surface area contributed by atoms with Crippen LogP contribution >= 0.6 is 0 Å². The molecule has 1 heterocycles. The molecule has 33 heavy (non-hydrogen) atoms. The highest BCUT2D eigenvalue weighted by molar-refractivity contribution is 5.70. The van der Waals surface area contributed by atoms with E-state index in [0.29, 0.717) is 13.1 Å². The molecule has 1 saturated heterocycles. The minimum atomic E-state index is -0.763. The van der Waals surface area contributed by atoms with Gasteiger partial charge in [0.25, 0.3) is 0 Å². The highest BCUT2D eigenvalue weighted by Crippen LogP contribution is 2.34. The van der Waals surface area contributed by atoms with Crippen molar-refractivity contribution in [3.8, 4) is 0 Å². The van der Waals surface area contributed by atoms with Crippen molar-refractivity contribution in [3.63, 3.8) is 0 Å². The van der Waals surface area contributed by atoms with Gasteiger partial charge in [0.15, 0.2) is 5.79 Å². The number of rotatable bonds is 9. The standard InChI is InChI=1S/C28H37NO4/c1-7-24-26(33-28(5,6)31-24)23(18-25(30)32-27(2,3)4)29(19-21-14-10-8-11-15-21)20-22-16-12-9-13-17-22/h7-17,23-24,26H,1,18-20H2,2-6H3/t23-,24+,26-/m0/s1. The third kappa shape index (κ3) is 7.53. The molecule has 0 radical (unpaired) electrons. The number of esters is 1. The molecule has 0 amide bonds. The van der Waals surface area contributed by atoms with Crippen LogP contribution in [-0.2, 0) is 32.1 Å². The first kappa shape index (κ1) is 25.2. The molecule has 5 nitrogen and oxygen atoms in total. The average molecular weight is 452 g/mol. The van der Waals surface area contributed by atoms with E-state index in [1.54, 1.807) is 6.08 Å². The Morgan fingerprint density at radius 1 is 1.03 bits per heavy atom. The predicted octanol–water partition coefficient (Wildman–Crippen LogP) is 5.50. The van der Waals surface area contributed by atoms with E-state index in [4.69, 9.17) is 14.2 Å². The summed E-state index contributed by atoms with van der Waals surface area (Å²) in [7, 11) is 0. The van der Waals surface area contributed by atoms with Crippen LogP contribution in [0.15, 0.2) is 73.3 Å². The lowest BCUT2D eigenvalue weighted by Gasteiger charge is -2.36. The van der Waals surface area contributed by atoms with Crippen LogP contribution in [0, 0.1) is 0 Å². The van der Waals surface area contributed by atoms with Gasteiger partial charge in [0.05, 0.1) is 12.5 Å². The maximum absolute atomic E-state index is 13.0. The molecule has 0 aromatic heterocycles. The van der Waals surface area contributed by atoms with Crippen LogP contribution in [0.25, 0.3) is 0 Å². The molecule has 1 aliphatic heterocycles. The maximum Gasteiger partial charge on any atom is 0.308 e. The second kappa shape index (κ2) is 10.6. The van der Waals surface area contributed by atoms with Crippen molar-refractivity contribution in [1.29, 1.82) is 0 Å². The van der Waals surface area contributed by atoms with E-state index in [2.05, 4.69) is 35.7 Å². The molecule has 0 aliphatic carbocycles. The first-order valence-corrected chi connectivity index (χ1v) is 11.6. The summed E-state index contributed by atoms with van der Waals surface area (Å²) in [5.41, 5.74) is 1.77. The van der Waals surface area contributed by atoms with Gasteiger partial charge in [0.1, 0.15) is 17.8 Å². The lowest BCUT2D eigenvalue weighted by molar-refractivity contribution is -0.164. The Bertz CT molecular complexity index is 863. The SMILES string of the molecule is C=C[C@H]1OC(C)(C)O[C@H]1[C@H](CC(=O)OC(C)(C)C)N(Cc1ccccc1)Cc1ccccc1. The van der Waals surface area contributed by atoms with Gasteiger partial charge in [-0.15, -0.1) is 6.58 Å². The second-order valence-corrected chi connectivity index (χ2v) is 10.0. The quantitative estimate of drug-likeness (QED) is 0.372. The fraction of sp³-hybridized carbons (Fsp3) is 0.464. The number of hydrogen-bond donors (Lipinski definition) is 0. The Morgan fingerprint density at radius 2 is 1.55 bits per heavy atom. The topological polar surface area (TPSA) is 48.0 Å². The molecule has 3 atom stereocenters. The fourth-order valence-electron chi connectivity index (χ4n) is 4.23. The summed E-state index contributed by atoms with van der Waals surface area (Å²) in [6.07, 6.45) is 1.26. The molecule has 0 N–H and O–H groups in total. The Morgan fingerprint density at radius 3 is 2.00 bits per heavy atom. The number of benzene rings is 2. The largest absolute Gasteiger partial charge is 0.460 e. The molecule has 2 aromatic carbocycles. The van der Waals surface area contributed by atoms with Gasteiger partial charge >= 0.3 is 5.97 Å². The van der Waals surface area contributed by atoms with Crippen molar-refractivity contribution < 1.29 is 19.0 Å². The first-order valence-electron chi connectivity index (χ1n) is 11.6. The van der Waals surface area contributed by atoms with E-state index in [-0.39, 0.29) is 30.6 Å². The van der Waals surface area contributed by atoms with Crippen molar-refractivity contribution in [2.75, 3.05) is 0 Å². The van der Waals surface area contributed by atoms with Crippen molar-refractivity contribution in [2.24, 2.45) is 0 Å². The molecule has 2 aromatic rings. The van der Waals surface area contributed by atoms with Gasteiger partial charge in [-0.25, -0.2) is 0 Å². The maximum atomic E-state index is 13.0. The summed E-state index contributed by atoms with van der Waals surface area (Å²) in [6.45, 7) is 14.7. The van der Waals surface area contributed by atoms with Crippen LogP contribution in [0.5, 0.6) is 0 Å². The monoisotopic (exact) mass is 451 g/mol. The zero-order valence-corrected chi connectivity index (χ0v) is 20.5. The van der Waals surface area contributed by atoms with Gasteiger partial charge in [0, 0.05) is 13.1 Å². The lowest BCUT2D eigenvalue weighted by Crippen LogP contribution is -2.48.